The van der Waals surface area contributed by atoms with Crippen molar-refractivity contribution < 1.29 is 14.3 Å². The molecule has 1 rings (SSSR count). The van der Waals surface area contributed by atoms with Gasteiger partial charge in [0.1, 0.15) is 0 Å². The van der Waals surface area contributed by atoms with Crippen LogP contribution in [-0.4, -0.2) is 22.0 Å². The van der Waals surface area contributed by atoms with Gasteiger partial charge in [0.2, 0.25) is 0 Å². The molecule has 0 unspecified atom stereocenters. The molecule has 1 aliphatic heterocycles. The lowest BCUT2D eigenvalue weighted by Crippen LogP contribution is -2.17. The van der Waals surface area contributed by atoms with Crippen molar-refractivity contribution in [1.29, 1.82) is 0 Å². The summed E-state index contributed by atoms with van der Waals surface area (Å²) in [6.07, 6.45) is 2.90. The largest absolute Gasteiger partial charge is 0.496 e. The maximum absolute atomic E-state index is 5.09. The van der Waals surface area contributed by atoms with E-state index in [9.17, 15) is 0 Å². The summed E-state index contributed by atoms with van der Waals surface area (Å²) < 4.78 is 5.09. The molecule has 1 saturated heterocycles. The van der Waals surface area contributed by atoms with Crippen molar-refractivity contribution in [2.75, 3.05) is 6.79 Å². The maximum atomic E-state index is 5.09. The van der Waals surface area contributed by atoms with Crippen LogP contribution in [0.2, 0.25) is 26.0 Å². The Morgan fingerprint density at radius 3 is 2.67 bits per heavy atom. The normalized spacial score (nSPS) is 19.4. The second-order valence-corrected chi connectivity index (χ2v) is 9.00. The first kappa shape index (κ1) is 9.99. The topological polar surface area (TPSA) is 27.7 Å². The molecule has 0 spiro atoms. The molecule has 0 aromatic heterocycles. The van der Waals surface area contributed by atoms with Gasteiger partial charge in [-0.2, -0.15) is 0 Å². The van der Waals surface area contributed by atoms with Crippen molar-refractivity contribution in [3.8, 4) is 0 Å². The van der Waals surface area contributed by atoms with Gasteiger partial charge in [0.05, 0.1) is 8.07 Å². The first-order chi connectivity index (χ1) is 5.58. The molecule has 0 bridgehead atoms. The monoisotopic (exact) mass is 186 g/mol. The lowest BCUT2D eigenvalue weighted by molar-refractivity contribution is -0.200. The van der Waals surface area contributed by atoms with Gasteiger partial charge in [-0.05, 0) is 0 Å². The fraction of sp³-hybridized carbons (Fsp3) is 0.714. The average Bonchev–Trinajstić information content (AvgIpc) is 2.36. The van der Waals surface area contributed by atoms with Crippen LogP contribution in [0.15, 0.2) is 11.8 Å². The van der Waals surface area contributed by atoms with E-state index in [4.69, 9.17) is 9.46 Å². The average molecular weight is 186 g/mol. The highest BCUT2D eigenvalue weighted by molar-refractivity contribution is 6.81. The number of allylic oxidation sites excluding steroid dienone is 1. The van der Waals surface area contributed by atoms with Gasteiger partial charge in [0, 0.05) is 6.32 Å². The van der Waals surface area contributed by atoms with Crippen LogP contribution in [0.3, 0.4) is 0 Å². The van der Waals surface area contributed by atoms with Crippen LogP contribution in [0.4, 0.5) is 0 Å². The van der Waals surface area contributed by atoms with E-state index in [1.54, 1.807) is 0 Å². The van der Waals surface area contributed by atoms with E-state index in [1.165, 1.54) is 0 Å². The molecule has 12 heavy (non-hydrogen) atoms. The Morgan fingerprint density at radius 1 is 1.42 bits per heavy atom. The molecule has 1 fully saturated rings. The third kappa shape index (κ3) is 4.06. The maximum Gasteiger partial charge on any atom is 0.496 e. The SMILES string of the molecule is C[Si](C)(C)/C=C/CB1OCOO1. The lowest BCUT2D eigenvalue weighted by Gasteiger charge is -2.07. The summed E-state index contributed by atoms with van der Waals surface area (Å²) in [4.78, 5) is 9.40. The van der Waals surface area contributed by atoms with Crippen molar-refractivity contribution in [2.45, 2.75) is 26.0 Å². The van der Waals surface area contributed by atoms with Crippen molar-refractivity contribution in [1.82, 2.24) is 0 Å². The molecule has 0 amide bonds. The van der Waals surface area contributed by atoms with Gasteiger partial charge in [-0.25, -0.2) is 4.89 Å². The zero-order chi connectivity index (χ0) is 9.03. The van der Waals surface area contributed by atoms with Gasteiger partial charge in [0.15, 0.2) is 6.79 Å². The van der Waals surface area contributed by atoms with Gasteiger partial charge >= 0.3 is 7.12 Å². The Labute approximate surface area is 74.8 Å². The smallest absolute Gasteiger partial charge is 0.384 e. The number of rotatable bonds is 3. The fourth-order valence-corrected chi connectivity index (χ4v) is 1.72. The first-order valence-electron chi connectivity index (χ1n) is 4.15. The highest BCUT2D eigenvalue weighted by Gasteiger charge is 2.23. The minimum Gasteiger partial charge on any atom is -0.384 e. The Morgan fingerprint density at radius 2 is 2.17 bits per heavy atom. The standard InChI is InChI=1S/C7H15BO3Si/c1-12(2,3)6-4-5-8-9-7-10-11-8/h4,6H,5,7H2,1-3H3/b6-4+. The minimum absolute atomic E-state index is 0.197. The van der Waals surface area contributed by atoms with E-state index in [1.807, 2.05) is 0 Å². The fourth-order valence-electron chi connectivity index (χ4n) is 0.875. The summed E-state index contributed by atoms with van der Waals surface area (Å²) in [7, 11) is -1.26. The summed E-state index contributed by atoms with van der Waals surface area (Å²) in [5.74, 6) is 0. The van der Waals surface area contributed by atoms with Crippen molar-refractivity contribution in [3.63, 3.8) is 0 Å². The molecule has 3 nitrogen and oxygen atoms in total. The van der Waals surface area contributed by atoms with E-state index in [2.05, 4.69) is 36.3 Å². The van der Waals surface area contributed by atoms with Crippen molar-refractivity contribution in [2.24, 2.45) is 0 Å². The Hall–Kier alpha value is -0.0982. The molecule has 68 valence electrons. The molecule has 5 heteroatoms. The quantitative estimate of drug-likeness (QED) is 0.497. The predicted molar refractivity (Wildman–Crippen MR) is 51.2 cm³/mol. The van der Waals surface area contributed by atoms with Gasteiger partial charge in [-0.15, -0.1) is 0 Å². The van der Waals surface area contributed by atoms with E-state index >= 15 is 0 Å². The predicted octanol–water partition coefficient (Wildman–Crippen LogP) is 1.84. The molecule has 0 N–H and O–H groups in total. The zero-order valence-electron chi connectivity index (χ0n) is 7.87. The summed E-state index contributed by atoms with van der Waals surface area (Å²) in [5.41, 5.74) is 2.28. The summed E-state index contributed by atoms with van der Waals surface area (Å²) in [6, 6.07) is 0. The summed E-state index contributed by atoms with van der Waals surface area (Å²) in [6.45, 7) is 7.12. The van der Waals surface area contributed by atoms with Gasteiger partial charge < -0.3 is 4.65 Å². The van der Waals surface area contributed by atoms with Crippen LogP contribution in [0.1, 0.15) is 0 Å². The Balaban J connectivity index is 2.20. The second kappa shape index (κ2) is 4.23. The van der Waals surface area contributed by atoms with Crippen LogP contribution in [0, 0.1) is 0 Å². The van der Waals surface area contributed by atoms with Crippen molar-refractivity contribution >= 4 is 15.2 Å². The minimum atomic E-state index is -1.06. The highest BCUT2D eigenvalue weighted by atomic mass is 28.3. The Kier molecular flexibility index (Phi) is 3.52. The molecule has 0 saturated carbocycles. The van der Waals surface area contributed by atoms with Gasteiger partial charge in [-0.1, -0.05) is 31.4 Å². The molecular formula is C7H15BO3Si. The molecule has 0 atom stereocenters. The molecular weight excluding hydrogens is 171 g/mol. The molecule has 0 aliphatic carbocycles. The number of hydrogen-bond donors (Lipinski definition) is 0. The van der Waals surface area contributed by atoms with Crippen LogP contribution in [0.25, 0.3) is 0 Å². The van der Waals surface area contributed by atoms with Gasteiger partial charge in [-0.3, -0.25) is 4.81 Å². The second-order valence-electron chi connectivity index (χ2n) is 3.93. The van der Waals surface area contributed by atoms with Crippen LogP contribution >= 0.6 is 0 Å². The van der Waals surface area contributed by atoms with Crippen LogP contribution in [-0.2, 0) is 14.3 Å². The lowest BCUT2D eigenvalue weighted by atomic mass is 9.86. The van der Waals surface area contributed by atoms with Crippen LogP contribution < -0.4 is 0 Å². The third-order valence-corrected chi connectivity index (χ3v) is 2.66. The zero-order valence-corrected chi connectivity index (χ0v) is 8.87. The molecule has 1 heterocycles. The first-order valence-corrected chi connectivity index (χ1v) is 7.73. The third-order valence-electron chi connectivity index (χ3n) is 1.42. The summed E-state index contributed by atoms with van der Waals surface area (Å²) in [5, 5.41) is 0. The van der Waals surface area contributed by atoms with E-state index in [-0.39, 0.29) is 13.9 Å². The molecule has 0 aromatic carbocycles. The van der Waals surface area contributed by atoms with Crippen LogP contribution in [0.5, 0.6) is 0 Å². The van der Waals surface area contributed by atoms with E-state index in [0.29, 0.717) is 0 Å². The molecule has 0 radical (unpaired) electrons. The molecule has 1 aliphatic rings. The summed E-state index contributed by atoms with van der Waals surface area (Å²) >= 11 is 0. The number of hydrogen-bond acceptors (Lipinski definition) is 3. The van der Waals surface area contributed by atoms with E-state index in [0.717, 1.165) is 6.32 Å². The Bertz CT molecular complexity index is 161. The molecule has 0 aromatic rings. The van der Waals surface area contributed by atoms with E-state index < -0.39 is 8.07 Å². The van der Waals surface area contributed by atoms with Crippen molar-refractivity contribution in [3.05, 3.63) is 11.8 Å². The highest BCUT2D eigenvalue weighted by Crippen LogP contribution is 2.09. The van der Waals surface area contributed by atoms with Gasteiger partial charge in [0.25, 0.3) is 0 Å².